The summed E-state index contributed by atoms with van der Waals surface area (Å²) in [5.74, 6) is -1.41. The number of hydrogen-bond acceptors (Lipinski definition) is 3. The number of nitriles is 1. The number of urea groups is 1. The Kier molecular flexibility index (Phi) is 6.21. The van der Waals surface area contributed by atoms with Gasteiger partial charge in [0.25, 0.3) is 5.91 Å². The molecule has 0 radical (unpaired) electrons. The second-order valence-corrected chi connectivity index (χ2v) is 8.38. The molecule has 2 aliphatic rings. The Labute approximate surface area is 193 Å². The van der Waals surface area contributed by atoms with Gasteiger partial charge in [-0.1, -0.05) is 19.3 Å². The van der Waals surface area contributed by atoms with E-state index in [4.69, 9.17) is 5.26 Å². The van der Waals surface area contributed by atoms with Crippen molar-refractivity contribution in [1.29, 1.82) is 5.26 Å². The van der Waals surface area contributed by atoms with Crippen molar-refractivity contribution in [2.45, 2.75) is 50.4 Å². The minimum atomic E-state index is -4.76. The van der Waals surface area contributed by atoms with Gasteiger partial charge in [-0.2, -0.15) is 18.4 Å². The van der Waals surface area contributed by atoms with E-state index in [1.807, 2.05) is 0 Å². The van der Waals surface area contributed by atoms with E-state index < -0.39 is 41.1 Å². The van der Waals surface area contributed by atoms with Crippen molar-refractivity contribution in [1.82, 2.24) is 5.32 Å². The molecule has 1 saturated carbocycles. The van der Waals surface area contributed by atoms with Gasteiger partial charge in [0.2, 0.25) is 0 Å². The number of benzene rings is 2. The van der Waals surface area contributed by atoms with E-state index in [9.17, 15) is 27.2 Å². The molecule has 1 aliphatic carbocycles. The topological polar surface area (TPSA) is 76.4 Å². The quantitative estimate of drug-likeness (QED) is 0.620. The van der Waals surface area contributed by atoms with Crippen LogP contribution in [0, 0.1) is 17.1 Å². The molecule has 2 fully saturated rings. The molecule has 4 rings (SSSR count). The molecular formula is C24H22F4N4O2. The van der Waals surface area contributed by atoms with Gasteiger partial charge < -0.3 is 5.32 Å². The predicted molar refractivity (Wildman–Crippen MR) is 117 cm³/mol. The van der Waals surface area contributed by atoms with Crippen LogP contribution in [0.25, 0.3) is 0 Å². The SMILES string of the molecule is CNC(=O)c1ccc(N2C(=O)N(c3ccc(C#N)c(C(F)(F)F)c3)[C@@H]3CCCCC[C@H]32)cc1F. The maximum Gasteiger partial charge on any atom is 0.417 e. The molecule has 3 amide bonds. The molecule has 0 aromatic heterocycles. The smallest absolute Gasteiger partial charge is 0.355 e. The Hall–Kier alpha value is -3.61. The van der Waals surface area contributed by atoms with Crippen LogP contribution in [0.1, 0.15) is 53.6 Å². The van der Waals surface area contributed by atoms with Crippen LogP contribution in [0.2, 0.25) is 0 Å². The van der Waals surface area contributed by atoms with E-state index in [1.165, 1.54) is 35.0 Å². The number of amides is 3. The highest BCUT2D eigenvalue weighted by molar-refractivity contribution is 6.08. The lowest BCUT2D eigenvalue weighted by molar-refractivity contribution is -0.137. The van der Waals surface area contributed by atoms with Gasteiger partial charge in [-0.05, 0) is 49.2 Å². The summed E-state index contributed by atoms with van der Waals surface area (Å²) >= 11 is 0. The van der Waals surface area contributed by atoms with Crippen LogP contribution in [0.4, 0.5) is 33.7 Å². The average molecular weight is 474 g/mol. The lowest BCUT2D eigenvalue weighted by atomic mass is 10.0. The summed E-state index contributed by atoms with van der Waals surface area (Å²) in [6.07, 6.45) is -1.05. The number of rotatable bonds is 3. The molecule has 2 aromatic rings. The van der Waals surface area contributed by atoms with Crippen LogP contribution in [-0.2, 0) is 6.18 Å². The molecule has 34 heavy (non-hydrogen) atoms. The van der Waals surface area contributed by atoms with Crippen LogP contribution in [-0.4, -0.2) is 31.1 Å². The Balaban J connectivity index is 1.79. The molecule has 1 aliphatic heterocycles. The number of fused-ring (bicyclic) bond motifs is 1. The number of hydrogen-bond donors (Lipinski definition) is 1. The minimum Gasteiger partial charge on any atom is -0.355 e. The van der Waals surface area contributed by atoms with Crippen molar-refractivity contribution >= 4 is 23.3 Å². The Morgan fingerprint density at radius 2 is 1.62 bits per heavy atom. The third-order valence-electron chi connectivity index (χ3n) is 6.43. The van der Waals surface area contributed by atoms with Gasteiger partial charge in [0.05, 0.1) is 34.8 Å². The fourth-order valence-corrected chi connectivity index (χ4v) is 4.86. The molecule has 1 N–H and O–H groups in total. The third kappa shape index (κ3) is 4.06. The molecule has 0 unspecified atom stereocenters. The highest BCUT2D eigenvalue weighted by Gasteiger charge is 2.48. The molecule has 6 nitrogen and oxygen atoms in total. The largest absolute Gasteiger partial charge is 0.417 e. The summed E-state index contributed by atoms with van der Waals surface area (Å²) < 4.78 is 55.4. The minimum absolute atomic E-state index is 0.0400. The van der Waals surface area contributed by atoms with E-state index >= 15 is 0 Å². The second-order valence-electron chi connectivity index (χ2n) is 8.38. The zero-order valence-corrected chi connectivity index (χ0v) is 18.3. The van der Waals surface area contributed by atoms with E-state index in [1.54, 1.807) is 6.07 Å². The first-order valence-corrected chi connectivity index (χ1v) is 10.9. The van der Waals surface area contributed by atoms with Gasteiger partial charge >= 0.3 is 12.2 Å². The highest BCUT2D eigenvalue weighted by Crippen LogP contribution is 2.41. The maximum atomic E-state index is 14.7. The second kappa shape index (κ2) is 8.97. The zero-order chi connectivity index (χ0) is 24.6. The molecule has 1 heterocycles. The Morgan fingerprint density at radius 1 is 1.03 bits per heavy atom. The van der Waals surface area contributed by atoms with Crippen molar-refractivity contribution in [3.63, 3.8) is 0 Å². The number of alkyl halides is 3. The summed E-state index contributed by atoms with van der Waals surface area (Å²) in [5.41, 5.74) is -1.53. The number of nitrogens with one attached hydrogen (secondary N) is 1. The first-order valence-electron chi connectivity index (χ1n) is 10.9. The zero-order valence-electron chi connectivity index (χ0n) is 18.3. The predicted octanol–water partition coefficient (Wildman–Crippen LogP) is 5.22. The van der Waals surface area contributed by atoms with Crippen LogP contribution in [0.15, 0.2) is 36.4 Å². The van der Waals surface area contributed by atoms with Gasteiger partial charge in [0.1, 0.15) is 5.82 Å². The van der Waals surface area contributed by atoms with Crippen molar-refractivity contribution in [3.05, 3.63) is 58.9 Å². The first-order chi connectivity index (χ1) is 16.2. The summed E-state index contributed by atoms with van der Waals surface area (Å²) in [5, 5.41) is 11.5. The molecule has 10 heteroatoms. The lowest BCUT2D eigenvalue weighted by Gasteiger charge is -2.26. The number of nitrogens with zero attached hydrogens (tertiary/aromatic N) is 3. The van der Waals surface area contributed by atoms with Crippen molar-refractivity contribution < 1.29 is 27.2 Å². The van der Waals surface area contributed by atoms with E-state index in [2.05, 4.69) is 5.32 Å². The molecule has 0 spiro atoms. The summed E-state index contributed by atoms with van der Waals surface area (Å²) in [6.45, 7) is 0. The van der Waals surface area contributed by atoms with Gasteiger partial charge in [-0.25, -0.2) is 9.18 Å². The Bertz CT molecular complexity index is 1170. The summed E-state index contributed by atoms with van der Waals surface area (Å²) in [4.78, 5) is 28.2. The van der Waals surface area contributed by atoms with Crippen molar-refractivity contribution in [3.8, 4) is 6.07 Å². The summed E-state index contributed by atoms with van der Waals surface area (Å²) in [7, 11) is 1.38. The lowest BCUT2D eigenvalue weighted by Crippen LogP contribution is -2.36. The molecule has 0 bridgehead atoms. The number of carbonyl (C=O) groups excluding carboxylic acids is 2. The van der Waals surface area contributed by atoms with Crippen molar-refractivity contribution in [2.75, 3.05) is 16.8 Å². The summed E-state index contributed by atoms with van der Waals surface area (Å²) in [6, 6.07) is 7.30. The van der Waals surface area contributed by atoms with E-state index in [0.29, 0.717) is 12.8 Å². The maximum absolute atomic E-state index is 14.7. The van der Waals surface area contributed by atoms with Gasteiger partial charge in [0, 0.05) is 18.4 Å². The fraction of sp³-hybridized carbons (Fsp3) is 0.375. The number of anilines is 2. The van der Waals surface area contributed by atoms with Gasteiger partial charge in [-0.15, -0.1) is 0 Å². The average Bonchev–Trinajstić information content (AvgIpc) is 2.92. The Morgan fingerprint density at radius 3 is 2.15 bits per heavy atom. The number of carbonyl (C=O) groups is 2. The highest BCUT2D eigenvalue weighted by atomic mass is 19.4. The van der Waals surface area contributed by atoms with Crippen LogP contribution in [0.5, 0.6) is 0 Å². The normalized spacial score (nSPS) is 20.5. The molecule has 178 valence electrons. The number of halogens is 4. The monoisotopic (exact) mass is 474 g/mol. The third-order valence-corrected chi connectivity index (χ3v) is 6.43. The van der Waals surface area contributed by atoms with Crippen molar-refractivity contribution in [2.24, 2.45) is 0 Å². The first kappa shape index (κ1) is 23.5. The van der Waals surface area contributed by atoms with E-state index in [0.717, 1.165) is 37.5 Å². The fourth-order valence-electron chi connectivity index (χ4n) is 4.86. The van der Waals surface area contributed by atoms with Crippen LogP contribution in [0.3, 0.4) is 0 Å². The van der Waals surface area contributed by atoms with Crippen LogP contribution >= 0.6 is 0 Å². The molecular weight excluding hydrogens is 452 g/mol. The van der Waals surface area contributed by atoms with Gasteiger partial charge in [0.15, 0.2) is 0 Å². The standard InChI is InChI=1S/C24H22F4N4O2/c1-30-22(33)17-10-9-16(12-19(17)25)32-21-6-4-2-3-5-20(21)31(23(32)34)15-8-7-14(13-29)18(11-15)24(26,27)28/h7-12,20-21H,2-6H2,1H3,(H,30,33)/t20-,21-/m1/s1. The van der Waals surface area contributed by atoms with Gasteiger partial charge in [-0.3, -0.25) is 14.6 Å². The van der Waals surface area contributed by atoms with E-state index in [-0.39, 0.29) is 23.0 Å². The molecule has 1 saturated heterocycles. The molecule has 2 atom stereocenters. The molecule has 2 aromatic carbocycles. The van der Waals surface area contributed by atoms with Crippen LogP contribution < -0.4 is 15.1 Å².